The maximum absolute atomic E-state index is 13.5. The Morgan fingerprint density at radius 3 is 2.79 bits per heavy atom. The van der Waals surface area contributed by atoms with Gasteiger partial charge in [0.25, 0.3) is 11.7 Å². The number of hydrogen-bond donors (Lipinski definition) is 2. The van der Waals surface area contributed by atoms with E-state index in [0.717, 1.165) is 5.56 Å². The van der Waals surface area contributed by atoms with Crippen molar-refractivity contribution in [3.05, 3.63) is 64.6 Å². The second-order valence-electron chi connectivity index (χ2n) is 6.98. The number of benzene rings is 2. The molecule has 2 N–H and O–H groups in total. The zero-order valence-corrected chi connectivity index (χ0v) is 16.2. The maximum Gasteiger partial charge on any atom is 0.293 e. The first-order valence-electron chi connectivity index (χ1n) is 9.04. The minimum absolute atomic E-state index is 0.0564. The van der Waals surface area contributed by atoms with E-state index in [4.69, 9.17) is 11.6 Å². The van der Waals surface area contributed by atoms with E-state index in [1.165, 1.54) is 29.3 Å². The molecule has 1 aliphatic heterocycles. The largest absolute Gasteiger partial charge is 0.360 e. The Labute approximate surface area is 170 Å². The van der Waals surface area contributed by atoms with Crippen LogP contribution in [0.15, 0.2) is 42.6 Å². The van der Waals surface area contributed by atoms with Crippen molar-refractivity contribution in [2.24, 2.45) is 0 Å². The fourth-order valence-electron chi connectivity index (χ4n) is 3.51. The van der Waals surface area contributed by atoms with Crippen LogP contribution in [0.3, 0.4) is 0 Å². The van der Waals surface area contributed by atoms with Gasteiger partial charge in [0.05, 0.1) is 16.3 Å². The molecule has 0 bridgehead atoms. The molecule has 3 aromatic rings. The highest BCUT2D eigenvalue weighted by molar-refractivity contribution is 6.45. The van der Waals surface area contributed by atoms with Gasteiger partial charge in [-0.15, -0.1) is 0 Å². The Morgan fingerprint density at radius 1 is 1.24 bits per heavy atom. The van der Waals surface area contributed by atoms with Crippen LogP contribution in [0, 0.1) is 12.7 Å². The van der Waals surface area contributed by atoms with Crippen LogP contribution in [0.1, 0.15) is 22.3 Å². The molecule has 148 valence electrons. The van der Waals surface area contributed by atoms with Crippen molar-refractivity contribution in [2.75, 3.05) is 11.4 Å². The van der Waals surface area contributed by atoms with Crippen molar-refractivity contribution in [1.29, 1.82) is 0 Å². The average molecular weight is 414 g/mol. The second-order valence-corrected chi connectivity index (χ2v) is 7.39. The standard InChI is InChI=1S/C21H17ClFN3O3/c1-11-2-5-18(15(22)8-11)26-7-6-17(21(26)29)25-20(28)19(27)14-10-24-16-4-3-12(23)9-13(14)16/h2-5,8-10,17,24H,6-7H2,1H3,(H,25,28). The molecule has 4 rings (SSSR count). The minimum atomic E-state index is -0.912. The Bertz CT molecular complexity index is 1160. The molecular formula is C21H17ClFN3O3. The SMILES string of the molecule is Cc1ccc(N2CCC(NC(=O)C(=O)c3c[nH]c4ccc(F)cc34)C2=O)c(Cl)c1. The third-order valence-corrected chi connectivity index (χ3v) is 5.30. The van der Waals surface area contributed by atoms with Crippen LogP contribution in [0.25, 0.3) is 10.9 Å². The van der Waals surface area contributed by atoms with E-state index in [2.05, 4.69) is 10.3 Å². The fraction of sp³-hybridized carbons (Fsp3) is 0.190. The number of nitrogens with zero attached hydrogens (tertiary/aromatic N) is 1. The lowest BCUT2D eigenvalue weighted by atomic mass is 10.1. The highest BCUT2D eigenvalue weighted by atomic mass is 35.5. The number of halogens is 2. The Hall–Kier alpha value is -3.19. The fourth-order valence-corrected chi connectivity index (χ4v) is 3.85. The van der Waals surface area contributed by atoms with Gasteiger partial charge in [-0.1, -0.05) is 17.7 Å². The molecule has 1 saturated heterocycles. The molecular weight excluding hydrogens is 397 g/mol. The van der Waals surface area contributed by atoms with Crippen molar-refractivity contribution in [2.45, 2.75) is 19.4 Å². The van der Waals surface area contributed by atoms with Crippen LogP contribution in [-0.4, -0.2) is 35.2 Å². The number of aryl methyl sites for hydroxylation is 1. The number of nitrogens with one attached hydrogen (secondary N) is 2. The summed E-state index contributed by atoms with van der Waals surface area (Å²) >= 11 is 6.25. The van der Waals surface area contributed by atoms with Crippen LogP contribution >= 0.6 is 11.6 Å². The van der Waals surface area contributed by atoms with Gasteiger partial charge < -0.3 is 15.2 Å². The number of aromatic amines is 1. The van der Waals surface area contributed by atoms with Crippen LogP contribution < -0.4 is 10.2 Å². The zero-order chi connectivity index (χ0) is 20.7. The van der Waals surface area contributed by atoms with E-state index in [1.807, 2.05) is 13.0 Å². The van der Waals surface area contributed by atoms with Crippen molar-refractivity contribution in [3.63, 3.8) is 0 Å². The van der Waals surface area contributed by atoms with E-state index >= 15 is 0 Å². The van der Waals surface area contributed by atoms with Crippen LogP contribution in [0.2, 0.25) is 5.02 Å². The third-order valence-electron chi connectivity index (χ3n) is 5.00. The molecule has 1 aromatic heterocycles. The summed E-state index contributed by atoms with van der Waals surface area (Å²) in [6.07, 6.45) is 1.71. The number of carbonyl (C=O) groups is 3. The number of rotatable bonds is 4. The lowest BCUT2D eigenvalue weighted by molar-refractivity contribution is -0.124. The molecule has 0 spiro atoms. The van der Waals surface area contributed by atoms with E-state index in [1.54, 1.807) is 12.1 Å². The number of H-pyrrole nitrogens is 1. The molecule has 29 heavy (non-hydrogen) atoms. The van der Waals surface area contributed by atoms with E-state index in [0.29, 0.717) is 34.6 Å². The quantitative estimate of drug-likeness (QED) is 0.508. The molecule has 1 fully saturated rings. The number of hydrogen-bond acceptors (Lipinski definition) is 3. The summed E-state index contributed by atoms with van der Waals surface area (Å²) in [7, 11) is 0. The summed E-state index contributed by atoms with van der Waals surface area (Å²) < 4.78 is 13.5. The van der Waals surface area contributed by atoms with E-state index in [-0.39, 0.29) is 11.5 Å². The minimum Gasteiger partial charge on any atom is -0.360 e. The molecule has 6 nitrogen and oxygen atoms in total. The van der Waals surface area contributed by atoms with Gasteiger partial charge in [-0.3, -0.25) is 14.4 Å². The van der Waals surface area contributed by atoms with Gasteiger partial charge in [-0.25, -0.2) is 4.39 Å². The lowest BCUT2D eigenvalue weighted by Gasteiger charge is -2.18. The number of Topliss-reactive ketones (excluding diaryl/α,β-unsaturated/α-hetero) is 1. The summed E-state index contributed by atoms with van der Waals surface area (Å²) in [5.41, 5.74) is 2.13. The monoisotopic (exact) mass is 413 g/mol. The number of anilines is 1. The van der Waals surface area contributed by atoms with Gasteiger partial charge >= 0.3 is 0 Å². The lowest BCUT2D eigenvalue weighted by Crippen LogP contribution is -2.44. The van der Waals surface area contributed by atoms with Gasteiger partial charge in [0.1, 0.15) is 11.9 Å². The van der Waals surface area contributed by atoms with E-state index in [9.17, 15) is 18.8 Å². The molecule has 2 heterocycles. The smallest absolute Gasteiger partial charge is 0.293 e. The summed E-state index contributed by atoms with van der Waals surface area (Å²) in [5.74, 6) is -2.59. The molecule has 1 unspecified atom stereocenters. The van der Waals surface area contributed by atoms with Crippen LogP contribution in [0.4, 0.5) is 10.1 Å². The Morgan fingerprint density at radius 2 is 2.03 bits per heavy atom. The second kappa shape index (κ2) is 7.33. The molecule has 0 aliphatic carbocycles. The first kappa shape index (κ1) is 19.1. The first-order chi connectivity index (χ1) is 13.8. The summed E-state index contributed by atoms with van der Waals surface area (Å²) in [4.78, 5) is 42.1. The average Bonchev–Trinajstić information content (AvgIpc) is 3.25. The highest BCUT2D eigenvalue weighted by Gasteiger charge is 2.36. The molecule has 2 amide bonds. The predicted octanol–water partition coefficient (Wildman–Crippen LogP) is 3.37. The molecule has 0 saturated carbocycles. The first-order valence-corrected chi connectivity index (χ1v) is 9.42. The number of aromatic nitrogens is 1. The van der Waals surface area contributed by atoms with E-state index < -0.39 is 23.5 Å². The molecule has 0 radical (unpaired) electrons. The topological polar surface area (TPSA) is 82.3 Å². The van der Waals surface area contributed by atoms with Crippen molar-refractivity contribution < 1.29 is 18.8 Å². The number of amides is 2. The van der Waals surface area contributed by atoms with Gasteiger partial charge in [0.2, 0.25) is 5.91 Å². The number of fused-ring (bicyclic) bond motifs is 1. The van der Waals surface area contributed by atoms with Gasteiger partial charge in [-0.2, -0.15) is 0 Å². The normalized spacial score (nSPS) is 16.4. The van der Waals surface area contributed by atoms with Crippen molar-refractivity contribution in [3.8, 4) is 0 Å². The predicted molar refractivity (Wildman–Crippen MR) is 108 cm³/mol. The number of ketones is 1. The Balaban J connectivity index is 1.50. The molecule has 8 heteroatoms. The summed E-state index contributed by atoms with van der Waals surface area (Å²) in [5, 5.41) is 3.26. The van der Waals surface area contributed by atoms with Gasteiger partial charge in [0.15, 0.2) is 0 Å². The number of carbonyl (C=O) groups excluding carboxylic acids is 3. The highest BCUT2D eigenvalue weighted by Crippen LogP contribution is 2.30. The summed E-state index contributed by atoms with van der Waals surface area (Å²) in [6, 6.07) is 8.47. The Kier molecular flexibility index (Phi) is 4.84. The van der Waals surface area contributed by atoms with Crippen molar-refractivity contribution >= 4 is 45.8 Å². The van der Waals surface area contributed by atoms with Gasteiger partial charge in [-0.05, 0) is 49.2 Å². The molecule has 2 aromatic carbocycles. The zero-order valence-electron chi connectivity index (χ0n) is 15.5. The third kappa shape index (κ3) is 3.49. The van der Waals surface area contributed by atoms with Gasteiger partial charge in [0, 0.05) is 23.6 Å². The molecule has 1 aliphatic rings. The molecule has 1 atom stereocenters. The summed E-state index contributed by atoms with van der Waals surface area (Å²) in [6.45, 7) is 2.27. The van der Waals surface area contributed by atoms with Crippen LogP contribution in [-0.2, 0) is 9.59 Å². The van der Waals surface area contributed by atoms with Crippen LogP contribution in [0.5, 0.6) is 0 Å². The van der Waals surface area contributed by atoms with Crippen molar-refractivity contribution in [1.82, 2.24) is 10.3 Å². The maximum atomic E-state index is 13.5.